The van der Waals surface area contributed by atoms with Gasteiger partial charge in [0, 0.05) is 45.0 Å². The maximum absolute atomic E-state index is 3.56. The first kappa shape index (κ1) is 19.2. The summed E-state index contributed by atoms with van der Waals surface area (Å²) in [5, 5.41) is 7.11. The number of nitrogens with one attached hydrogen (secondary N) is 2. The molecule has 0 spiro atoms. The minimum Gasteiger partial charge on any atom is -0.369 e. The standard InChI is InChI=1S/C24H29N3/c1-4-10-22(11-5-1)20-25-16-18-27(24-14-8-3-9-15-24)19-17-26-21-23-12-6-2-7-13-23/h1-15,25-26H,16-21H2. The zero-order valence-electron chi connectivity index (χ0n) is 15.9. The number of anilines is 1. The van der Waals surface area contributed by atoms with Gasteiger partial charge in [0.15, 0.2) is 0 Å². The maximum Gasteiger partial charge on any atom is 0.0367 e. The predicted molar refractivity (Wildman–Crippen MR) is 115 cm³/mol. The van der Waals surface area contributed by atoms with Crippen LogP contribution in [0.5, 0.6) is 0 Å². The van der Waals surface area contributed by atoms with Crippen molar-refractivity contribution in [2.45, 2.75) is 13.1 Å². The van der Waals surface area contributed by atoms with Crippen molar-refractivity contribution in [3.63, 3.8) is 0 Å². The Balaban J connectivity index is 1.44. The van der Waals surface area contributed by atoms with Gasteiger partial charge >= 0.3 is 0 Å². The van der Waals surface area contributed by atoms with E-state index >= 15 is 0 Å². The molecule has 3 heteroatoms. The molecule has 27 heavy (non-hydrogen) atoms. The van der Waals surface area contributed by atoms with Gasteiger partial charge in [-0.2, -0.15) is 0 Å². The third-order valence-corrected chi connectivity index (χ3v) is 4.58. The molecule has 140 valence electrons. The summed E-state index contributed by atoms with van der Waals surface area (Å²) >= 11 is 0. The Morgan fingerprint density at radius 2 is 0.926 bits per heavy atom. The topological polar surface area (TPSA) is 27.3 Å². The Hall–Kier alpha value is -2.62. The van der Waals surface area contributed by atoms with Crippen LogP contribution < -0.4 is 15.5 Å². The molecule has 3 nitrogen and oxygen atoms in total. The SMILES string of the molecule is c1ccc(CNCCN(CCNCc2ccccc2)c2ccccc2)cc1. The third kappa shape index (κ3) is 6.89. The maximum atomic E-state index is 3.56. The van der Waals surface area contributed by atoms with Crippen molar-refractivity contribution in [2.75, 3.05) is 31.1 Å². The lowest BCUT2D eigenvalue weighted by molar-refractivity contribution is 0.625. The number of benzene rings is 3. The van der Waals surface area contributed by atoms with Gasteiger partial charge < -0.3 is 15.5 Å². The Bertz CT molecular complexity index is 697. The molecule has 0 aliphatic carbocycles. The van der Waals surface area contributed by atoms with Gasteiger partial charge in [-0.3, -0.25) is 0 Å². The first-order chi connectivity index (χ1) is 13.4. The average Bonchev–Trinajstić information content (AvgIpc) is 2.75. The molecule has 0 fully saturated rings. The second-order valence-electron chi connectivity index (χ2n) is 6.65. The lowest BCUT2D eigenvalue weighted by Gasteiger charge is -2.25. The van der Waals surface area contributed by atoms with E-state index in [4.69, 9.17) is 0 Å². The van der Waals surface area contributed by atoms with Crippen molar-refractivity contribution in [2.24, 2.45) is 0 Å². The molecule has 0 unspecified atom stereocenters. The highest BCUT2D eigenvalue weighted by atomic mass is 15.2. The Morgan fingerprint density at radius 3 is 1.37 bits per heavy atom. The molecular formula is C24H29N3. The van der Waals surface area contributed by atoms with Crippen molar-refractivity contribution in [1.82, 2.24) is 10.6 Å². The van der Waals surface area contributed by atoms with Crippen LogP contribution in [0.15, 0.2) is 91.0 Å². The Morgan fingerprint density at radius 1 is 0.519 bits per heavy atom. The molecule has 0 saturated carbocycles. The number of hydrogen-bond donors (Lipinski definition) is 2. The molecule has 0 saturated heterocycles. The molecule has 0 amide bonds. The van der Waals surface area contributed by atoms with Crippen LogP contribution in [-0.4, -0.2) is 26.2 Å². The number of nitrogens with zero attached hydrogens (tertiary/aromatic N) is 1. The van der Waals surface area contributed by atoms with Crippen LogP contribution in [0.2, 0.25) is 0 Å². The lowest BCUT2D eigenvalue weighted by Crippen LogP contribution is -2.36. The fraction of sp³-hybridized carbons (Fsp3) is 0.250. The van der Waals surface area contributed by atoms with E-state index in [0.29, 0.717) is 0 Å². The predicted octanol–water partition coefficient (Wildman–Crippen LogP) is 4.07. The number of rotatable bonds is 11. The van der Waals surface area contributed by atoms with Crippen LogP contribution in [0.25, 0.3) is 0 Å². The highest BCUT2D eigenvalue weighted by Gasteiger charge is 2.05. The summed E-state index contributed by atoms with van der Waals surface area (Å²) in [6, 6.07) is 31.8. The summed E-state index contributed by atoms with van der Waals surface area (Å²) < 4.78 is 0. The Kier molecular flexibility index (Phi) is 7.92. The lowest BCUT2D eigenvalue weighted by atomic mass is 10.2. The molecule has 2 N–H and O–H groups in total. The number of para-hydroxylation sites is 1. The summed E-state index contributed by atoms with van der Waals surface area (Å²) in [7, 11) is 0. The third-order valence-electron chi connectivity index (χ3n) is 4.58. The molecule has 0 heterocycles. The van der Waals surface area contributed by atoms with Crippen LogP contribution >= 0.6 is 0 Å². The molecule has 0 aliphatic heterocycles. The van der Waals surface area contributed by atoms with Gasteiger partial charge in [-0.25, -0.2) is 0 Å². The second kappa shape index (κ2) is 11.2. The van der Waals surface area contributed by atoms with Gasteiger partial charge in [0.1, 0.15) is 0 Å². The van der Waals surface area contributed by atoms with Crippen LogP contribution in [0, 0.1) is 0 Å². The number of hydrogen-bond acceptors (Lipinski definition) is 3. The van der Waals surface area contributed by atoms with Crippen LogP contribution in [0.3, 0.4) is 0 Å². The molecule has 3 aromatic carbocycles. The summed E-state index contributed by atoms with van der Waals surface area (Å²) in [5.41, 5.74) is 3.93. The van der Waals surface area contributed by atoms with E-state index in [2.05, 4.69) is 107 Å². The van der Waals surface area contributed by atoms with Gasteiger partial charge in [0.2, 0.25) is 0 Å². The van der Waals surface area contributed by atoms with Gasteiger partial charge in [-0.15, -0.1) is 0 Å². The summed E-state index contributed by atoms with van der Waals surface area (Å²) in [4.78, 5) is 2.44. The van der Waals surface area contributed by atoms with Gasteiger partial charge in [0.25, 0.3) is 0 Å². The van der Waals surface area contributed by atoms with E-state index < -0.39 is 0 Å². The van der Waals surface area contributed by atoms with Crippen molar-refractivity contribution in [3.05, 3.63) is 102 Å². The van der Waals surface area contributed by atoms with Crippen LogP contribution in [0.4, 0.5) is 5.69 Å². The van der Waals surface area contributed by atoms with E-state index in [1.165, 1.54) is 16.8 Å². The van der Waals surface area contributed by atoms with E-state index in [1.807, 2.05) is 0 Å². The Labute approximate surface area is 163 Å². The van der Waals surface area contributed by atoms with Crippen molar-refractivity contribution in [3.8, 4) is 0 Å². The van der Waals surface area contributed by atoms with Gasteiger partial charge in [-0.05, 0) is 23.3 Å². The first-order valence-electron chi connectivity index (χ1n) is 9.71. The summed E-state index contributed by atoms with van der Waals surface area (Å²) in [6.45, 7) is 5.73. The zero-order valence-corrected chi connectivity index (χ0v) is 15.9. The summed E-state index contributed by atoms with van der Waals surface area (Å²) in [5.74, 6) is 0. The molecule has 0 aliphatic rings. The molecule has 0 atom stereocenters. The van der Waals surface area contributed by atoms with E-state index in [-0.39, 0.29) is 0 Å². The minimum atomic E-state index is 0.912. The normalized spacial score (nSPS) is 10.7. The quantitative estimate of drug-likeness (QED) is 0.505. The van der Waals surface area contributed by atoms with E-state index in [1.54, 1.807) is 0 Å². The molecule has 0 aromatic heterocycles. The molecule has 3 aromatic rings. The fourth-order valence-electron chi connectivity index (χ4n) is 3.09. The van der Waals surface area contributed by atoms with Crippen LogP contribution in [0.1, 0.15) is 11.1 Å². The van der Waals surface area contributed by atoms with E-state index in [9.17, 15) is 0 Å². The second-order valence-corrected chi connectivity index (χ2v) is 6.65. The highest BCUT2D eigenvalue weighted by molar-refractivity contribution is 5.46. The first-order valence-corrected chi connectivity index (χ1v) is 9.71. The largest absolute Gasteiger partial charge is 0.369 e. The van der Waals surface area contributed by atoms with Crippen molar-refractivity contribution < 1.29 is 0 Å². The molecular weight excluding hydrogens is 330 g/mol. The van der Waals surface area contributed by atoms with E-state index in [0.717, 1.165) is 39.3 Å². The fourth-order valence-corrected chi connectivity index (χ4v) is 3.09. The zero-order chi connectivity index (χ0) is 18.6. The van der Waals surface area contributed by atoms with Gasteiger partial charge in [-0.1, -0.05) is 78.9 Å². The van der Waals surface area contributed by atoms with Crippen LogP contribution in [-0.2, 0) is 13.1 Å². The average molecular weight is 360 g/mol. The summed E-state index contributed by atoms with van der Waals surface area (Å²) in [6.07, 6.45) is 0. The molecule has 0 bridgehead atoms. The minimum absolute atomic E-state index is 0.912. The smallest absolute Gasteiger partial charge is 0.0367 e. The molecule has 0 radical (unpaired) electrons. The van der Waals surface area contributed by atoms with Gasteiger partial charge in [0.05, 0.1) is 0 Å². The van der Waals surface area contributed by atoms with Crippen molar-refractivity contribution in [1.29, 1.82) is 0 Å². The molecule has 3 rings (SSSR count). The monoisotopic (exact) mass is 359 g/mol. The van der Waals surface area contributed by atoms with Crippen molar-refractivity contribution >= 4 is 5.69 Å². The highest BCUT2D eigenvalue weighted by Crippen LogP contribution is 2.12.